The number of fused-ring (bicyclic) bond motifs is 1. The van der Waals surface area contributed by atoms with Crippen LogP contribution in [0.1, 0.15) is 37.6 Å². The van der Waals surface area contributed by atoms with E-state index in [1.165, 1.54) is 18.0 Å². The molecule has 3 rings (SSSR count). The monoisotopic (exact) mass is 553 g/mol. The Kier molecular flexibility index (Phi) is 9.40. The number of hydrogen-bond donors (Lipinski definition) is 1. The third kappa shape index (κ3) is 6.78. The zero-order valence-corrected chi connectivity index (χ0v) is 23.1. The first kappa shape index (κ1) is 29.7. The van der Waals surface area contributed by atoms with Gasteiger partial charge < -0.3 is 14.7 Å². The largest absolute Gasteiger partial charge is 0.487 e. The SMILES string of the molecule is C=CSC(=C(C)C)c1cc(C)nc2c(OC/C(C(=N)Cn3cccc(C(F)(F)F)c3=O)=C(\C)C=C)cccc12. The summed E-state index contributed by atoms with van der Waals surface area (Å²) in [5.41, 5.74) is 2.04. The molecule has 204 valence electrons. The van der Waals surface area contributed by atoms with Gasteiger partial charge in [0.1, 0.15) is 23.4 Å². The third-order valence-electron chi connectivity index (χ3n) is 6.00. The number of thioether (sulfide) groups is 1. The number of hydrogen-bond acceptors (Lipinski definition) is 5. The summed E-state index contributed by atoms with van der Waals surface area (Å²) in [6, 6.07) is 9.49. The van der Waals surface area contributed by atoms with Crippen molar-refractivity contribution in [3.8, 4) is 5.75 Å². The van der Waals surface area contributed by atoms with Crippen molar-refractivity contribution in [1.82, 2.24) is 9.55 Å². The van der Waals surface area contributed by atoms with Gasteiger partial charge in [-0.1, -0.05) is 48.7 Å². The summed E-state index contributed by atoms with van der Waals surface area (Å²) < 4.78 is 46.7. The van der Waals surface area contributed by atoms with Crippen LogP contribution in [0.3, 0.4) is 0 Å². The summed E-state index contributed by atoms with van der Waals surface area (Å²) in [4.78, 5) is 18.2. The maximum absolute atomic E-state index is 13.2. The maximum atomic E-state index is 13.2. The first-order chi connectivity index (χ1) is 18.4. The van der Waals surface area contributed by atoms with Crippen LogP contribution in [0, 0.1) is 12.3 Å². The summed E-state index contributed by atoms with van der Waals surface area (Å²) >= 11 is 1.53. The van der Waals surface area contributed by atoms with Crippen LogP contribution < -0.4 is 10.3 Å². The van der Waals surface area contributed by atoms with Crippen molar-refractivity contribution in [2.45, 2.75) is 40.4 Å². The van der Waals surface area contributed by atoms with Crippen LogP contribution in [0.5, 0.6) is 5.75 Å². The van der Waals surface area contributed by atoms with Gasteiger partial charge in [0.25, 0.3) is 5.56 Å². The Balaban J connectivity index is 1.98. The van der Waals surface area contributed by atoms with Crippen LogP contribution >= 0.6 is 11.8 Å². The number of ether oxygens (including phenoxy) is 1. The van der Waals surface area contributed by atoms with Gasteiger partial charge in [-0.05, 0) is 68.5 Å². The van der Waals surface area contributed by atoms with Crippen molar-refractivity contribution < 1.29 is 17.9 Å². The molecule has 0 amide bonds. The van der Waals surface area contributed by atoms with E-state index < -0.39 is 17.3 Å². The minimum absolute atomic E-state index is 0.0619. The Morgan fingerprint density at radius 2 is 1.90 bits per heavy atom. The lowest BCUT2D eigenvalue weighted by Crippen LogP contribution is -2.31. The highest BCUT2D eigenvalue weighted by Gasteiger charge is 2.34. The number of benzene rings is 1. The third-order valence-corrected chi connectivity index (χ3v) is 7.03. The molecule has 0 aliphatic heterocycles. The first-order valence-corrected chi connectivity index (χ1v) is 12.9. The van der Waals surface area contributed by atoms with Crippen LogP contribution in [0.25, 0.3) is 15.8 Å². The Labute approximate surface area is 229 Å². The molecule has 1 aromatic carbocycles. The fraction of sp³-hybridized carbons (Fsp3) is 0.233. The summed E-state index contributed by atoms with van der Waals surface area (Å²) in [6.45, 7) is 14.9. The molecule has 39 heavy (non-hydrogen) atoms. The van der Waals surface area contributed by atoms with Gasteiger partial charge in [-0.2, -0.15) is 13.2 Å². The lowest BCUT2D eigenvalue weighted by Gasteiger charge is -2.17. The van der Waals surface area contributed by atoms with Gasteiger partial charge in [0.05, 0.1) is 12.3 Å². The Morgan fingerprint density at radius 1 is 1.18 bits per heavy atom. The molecule has 9 heteroatoms. The number of halogens is 3. The van der Waals surface area contributed by atoms with E-state index in [1.807, 2.05) is 39.0 Å². The van der Waals surface area contributed by atoms with Gasteiger partial charge in [-0.15, -0.1) is 0 Å². The average molecular weight is 554 g/mol. The van der Waals surface area contributed by atoms with Crippen LogP contribution in [0.2, 0.25) is 0 Å². The first-order valence-electron chi connectivity index (χ1n) is 12.0. The number of aryl methyl sites for hydroxylation is 1. The highest BCUT2D eigenvalue weighted by molar-refractivity contribution is 8.10. The van der Waals surface area contributed by atoms with Gasteiger partial charge in [-0.25, -0.2) is 4.98 Å². The van der Waals surface area contributed by atoms with E-state index in [9.17, 15) is 18.0 Å². The molecule has 0 saturated carbocycles. The number of rotatable bonds is 10. The number of allylic oxidation sites excluding steroid dienone is 3. The van der Waals surface area contributed by atoms with Gasteiger partial charge in [-0.3, -0.25) is 4.79 Å². The normalized spacial score (nSPS) is 12.1. The van der Waals surface area contributed by atoms with Crippen molar-refractivity contribution in [3.63, 3.8) is 0 Å². The lowest BCUT2D eigenvalue weighted by atomic mass is 10.0. The number of nitrogens with one attached hydrogen (secondary N) is 1. The van der Waals surface area contributed by atoms with Crippen LogP contribution in [-0.2, 0) is 12.7 Å². The molecule has 3 aromatic rings. The molecule has 0 unspecified atom stereocenters. The van der Waals surface area contributed by atoms with E-state index in [0.29, 0.717) is 22.4 Å². The maximum Gasteiger partial charge on any atom is 0.421 e. The van der Waals surface area contributed by atoms with Crippen LogP contribution in [0.15, 0.2) is 88.8 Å². The van der Waals surface area contributed by atoms with E-state index in [4.69, 9.17) is 15.1 Å². The molecule has 5 nitrogen and oxygen atoms in total. The molecule has 0 bridgehead atoms. The fourth-order valence-corrected chi connectivity index (χ4v) is 4.74. The number of alkyl halides is 3. The van der Waals surface area contributed by atoms with Gasteiger partial charge >= 0.3 is 6.18 Å². The van der Waals surface area contributed by atoms with Gasteiger partial charge in [0.2, 0.25) is 0 Å². The fourth-order valence-electron chi connectivity index (χ4n) is 4.04. The minimum atomic E-state index is -4.78. The number of nitrogens with zero attached hydrogens (tertiary/aromatic N) is 2. The Morgan fingerprint density at radius 3 is 2.51 bits per heavy atom. The van der Waals surface area contributed by atoms with E-state index >= 15 is 0 Å². The Hall–Kier alpha value is -3.85. The molecule has 0 aliphatic carbocycles. The smallest absolute Gasteiger partial charge is 0.421 e. The molecular formula is C30H30F3N3O2S. The topological polar surface area (TPSA) is 68.0 Å². The van der Waals surface area contributed by atoms with Gasteiger partial charge in [0.15, 0.2) is 0 Å². The molecule has 0 atom stereocenters. The average Bonchev–Trinajstić information content (AvgIpc) is 2.87. The second kappa shape index (κ2) is 12.3. The highest BCUT2D eigenvalue weighted by atomic mass is 32.2. The van der Waals surface area contributed by atoms with E-state index in [1.54, 1.807) is 24.5 Å². The Bertz CT molecular complexity index is 1560. The van der Waals surface area contributed by atoms with Crippen molar-refractivity contribution >= 4 is 33.3 Å². The van der Waals surface area contributed by atoms with E-state index in [0.717, 1.165) is 43.8 Å². The zero-order chi connectivity index (χ0) is 28.9. The van der Waals surface area contributed by atoms with E-state index in [-0.39, 0.29) is 18.9 Å². The summed E-state index contributed by atoms with van der Waals surface area (Å²) in [5.74, 6) is 0.493. The molecule has 2 heterocycles. The minimum Gasteiger partial charge on any atom is -0.487 e. The second-order valence-electron chi connectivity index (χ2n) is 9.06. The van der Waals surface area contributed by atoms with Crippen molar-refractivity contribution in [2.75, 3.05) is 6.61 Å². The summed E-state index contributed by atoms with van der Waals surface area (Å²) in [6.07, 6.45) is -2.01. The molecule has 0 spiro atoms. The van der Waals surface area contributed by atoms with Gasteiger partial charge in [0, 0.05) is 27.8 Å². The highest BCUT2D eigenvalue weighted by Crippen LogP contribution is 2.38. The molecule has 0 saturated heterocycles. The lowest BCUT2D eigenvalue weighted by molar-refractivity contribution is -0.138. The van der Waals surface area contributed by atoms with E-state index in [2.05, 4.69) is 13.2 Å². The number of pyridine rings is 2. The van der Waals surface area contributed by atoms with Crippen molar-refractivity contribution in [1.29, 1.82) is 5.41 Å². The number of aromatic nitrogens is 2. The number of para-hydroxylation sites is 1. The molecule has 0 radical (unpaired) electrons. The molecule has 2 aromatic heterocycles. The zero-order valence-electron chi connectivity index (χ0n) is 22.3. The quantitative estimate of drug-likeness (QED) is 0.204. The standard InChI is InChI=1S/C30H30F3N3O2S/c1-7-19(5)23(25(34)16-36-14-10-12-24(29(36)37)30(31,32)33)17-38-26-13-9-11-21-22(15-20(6)35-27(21)26)28(18(3)4)39-8-2/h7-15,34H,1-2,16-17H2,3-6H3/b23-19-,34-25?. The van der Waals surface area contributed by atoms with Crippen molar-refractivity contribution in [3.05, 3.63) is 111 Å². The predicted octanol–water partition coefficient (Wildman–Crippen LogP) is 7.95. The van der Waals surface area contributed by atoms with Crippen LogP contribution in [-0.4, -0.2) is 21.9 Å². The molecule has 1 N–H and O–H groups in total. The summed E-state index contributed by atoms with van der Waals surface area (Å²) in [5, 5.41) is 11.3. The molecule has 0 aliphatic rings. The van der Waals surface area contributed by atoms with Crippen LogP contribution in [0.4, 0.5) is 13.2 Å². The molecular weight excluding hydrogens is 523 g/mol. The second-order valence-corrected chi connectivity index (χ2v) is 10.0. The summed E-state index contributed by atoms with van der Waals surface area (Å²) in [7, 11) is 0. The molecule has 0 fully saturated rings. The van der Waals surface area contributed by atoms with Crippen molar-refractivity contribution in [2.24, 2.45) is 0 Å². The predicted molar refractivity (Wildman–Crippen MR) is 154 cm³/mol.